The van der Waals surface area contributed by atoms with Gasteiger partial charge in [0, 0.05) is 12.6 Å². The van der Waals surface area contributed by atoms with Crippen LogP contribution in [0, 0.1) is 0 Å². The van der Waals surface area contributed by atoms with Crippen molar-refractivity contribution in [2.45, 2.75) is 25.3 Å². The van der Waals surface area contributed by atoms with Gasteiger partial charge in [0.25, 0.3) is 0 Å². The molecule has 1 atom stereocenters. The van der Waals surface area contributed by atoms with Gasteiger partial charge in [-0.1, -0.05) is 12.1 Å². The second-order valence-electron chi connectivity index (χ2n) is 4.82. The first kappa shape index (κ1) is 12.4. The van der Waals surface area contributed by atoms with E-state index in [1.807, 2.05) is 12.1 Å². The molecule has 1 saturated heterocycles. The quantitative estimate of drug-likeness (QED) is 0.842. The average molecular weight is 234 g/mol. The monoisotopic (exact) mass is 234 g/mol. The molecule has 94 valence electrons. The first-order valence-electron chi connectivity index (χ1n) is 6.39. The predicted octanol–water partition coefficient (Wildman–Crippen LogP) is 1.66. The first-order chi connectivity index (χ1) is 8.28. The van der Waals surface area contributed by atoms with E-state index >= 15 is 0 Å². The maximum absolute atomic E-state index is 6.18. The van der Waals surface area contributed by atoms with E-state index < -0.39 is 0 Å². The number of hydrogen-bond donors (Lipinski definition) is 1. The molecule has 1 aromatic rings. The lowest BCUT2D eigenvalue weighted by molar-refractivity contribution is 0.313. The molecule has 0 saturated carbocycles. The summed E-state index contributed by atoms with van der Waals surface area (Å²) in [6.45, 7) is 3.46. The van der Waals surface area contributed by atoms with Crippen LogP contribution in [-0.2, 0) is 6.42 Å². The number of ether oxygens (including phenoxy) is 1. The Morgan fingerprint density at radius 1 is 1.24 bits per heavy atom. The Hall–Kier alpha value is -1.06. The van der Waals surface area contributed by atoms with Gasteiger partial charge in [0.1, 0.15) is 5.75 Å². The van der Waals surface area contributed by atoms with Crippen molar-refractivity contribution >= 4 is 0 Å². The van der Waals surface area contributed by atoms with Crippen molar-refractivity contribution in [3.63, 3.8) is 0 Å². The van der Waals surface area contributed by atoms with E-state index in [9.17, 15) is 0 Å². The van der Waals surface area contributed by atoms with Gasteiger partial charge >= 0.3 is 0 Å². The van der Waals surface area contributed by atoms with Crippen molar-refractivity contribution in [3.8, 4) is 5.75 Å². The number of nitrogens with two attached hydrogens (primary N) is 1. The van der Waals surface area contributed by atoms with E-state index in [4.69, 9.17) is 10.5 Å². The highest BCUT2D eigenvalue weighted by molar-refractivity contribution is 5.27. The molecule has 0 spiro atoms. The van der Waals surface area contributed by atoms with E-state index in [1.165, 1.54) is 31.5 Å². The SMILES string of the molecule is COc1ccc(C[C@@H](N)CN2CCCC2)cc1. The molecule has 1 heterocycles. The second-order valence-corrected chi connectivity index (χ2v) is 4.82. The van der Waals surface area contributed by atoms with E-state index in [0.29, 0.717) is 0 Å². The Labute approximate surface area is 104 Å². The number of hydrogen-bond acceptors (Lipinski definition) is 3. The maximum atomic E-state index is 6.18. The van der Waals surface area contributed by atoms with Crippen molar-refractivity contribution < 1.29 is 4.74 Å². The van der Waals surface area contributed by atoms with Gasteiger partial charge in [0.2, 0.25) is 0 Å². The van der Waals surface area contributed by atoms with Crippen LogP contribution >= 0.6 is 0 Å². The van der Waals surface area contributed by atoms with Gasteiger partial charge in [-0.25, -0.2) is 0 Å². The van der Waals surface area contributed by atoms with Crippen LogP contribution in [0.2, 0.25) is 0 Å². The minimum atomic E-state index is 0.237. The highest BCUT2D eigenvalue weighted by atomic mass is 16.5. The van der Waals surface area contributed by atoms with Crippen LogP contribution < -0.4 is 10.5 Å². The molecular weight excluding hydrogens is 212 g/mol. The van der Waals surface area contributed by atoms with Crippen LogP contribution in [0.5, 0.6) is 5.75 Å². The van der Waals surface area contributed by atoms with Gasteiger partial charge in [-0.05, 0) is 50.0 Å². The third kappa shape index (κ3) is 3.72. The van der Waals surface area contributed by atoms with E-state index in [2.05, 4.69) is 17.0 Å². The molecule has 0 aliphatic carbocycles. The smallest absolute Gasteiger partial charge is 0.118 e. The Morgan fingerprint density at radius 2 is 1.88 bits per heavy atom. The van der Waals surface area contributed by atoms with Crippen LogP contribution in [0.4, 0.5) is 0 Å². The fourth-order valence-electron chi connectivity index (χ4n) is 2.43. The van der Waals surface area contributed by atoms with Crippen LogP contribution in [0.25, 0.3) is 0 Å². The normalized spacial score (nSPS) is 18.2. The third-order valence-corrected chi connectivity index (χ3v) is 3.35. The summed E-state index contributed by atoms with van der Waals surface area (Å²) in [5.74, 6) is 0.905. The lowest BCUT2D eigenvalue weighted by Crippen LogP contribution is -2.37. The summed E-state index contributed by atoms with van der Waals surface area (Å²) in [4.78, 5) is 2.47. The van der Waals surface area contributed by atoms with E-state index in [-0.39, 0.29) is 6.04 Å². The summed E-state index contributed by atoms with van der Waals surface area (Å²) < 4.78 is 5.14. The maximum Gasteiger partial charge on any atom is 0.118 e. The van der Waals surface area contributed by atoms with Gasteiger partial charge in [0.15, 0.2) is 0 Å². The van der Waals surface area contributed by atoms with Crippen molar-refractivity contribution in [1.82, 2.24) is 4.90 Å². The largest absolute Gasteiger partial charge is 0.497 e. The zero-order valence-corrected chi connectivity index (χ0v) is 10.6. The lowest BCUT2D eigenvalue weighted by Gasteiger charge is -2.20. The minimum absolute atomic E-state index is 0.237. The van der Waals surface area contributed by atoms with Gasteiger partial charge in [-0.15, -0.1) is 0 Å². The molecule has 2 N–H and O–H groups in total. The molecule has 3 nitrogen and oxygen atoms in total. The van der Waals surface area contributed by atoms with Crippen molar-refractivity contribution in [2.24, 2.45) is 5.73 Å². The van der Waals surface area contributed by atoms with E-state index in [1.54, 1.807) is 7.11 Å². The summed E-state index contributed by atoms with van der Waals surface area (Å²) in [5, 5.41) is 0. The summed E-state index contributed by atoms with van der Waals surface area (Å²) in [6, 6.07) is 8.43. The van der Waals surface area contributed by atoms with Gasteiger partial charge in [0.05, 0.1) is 7.11 Å². The zero-order valence-electron chi connectivity index (χ0n) is 10.6. The van der Waals surface area contributed by atoms with Gasteiger partial charge < -0.3 is 15.4 Å². The molecule has 1 aromatic carbocycles. The standard InChI is InChI=1S/C14H22N2O/c1-17-14-6-4-12(5-7-14)10-13(15)11-16-8-2-3-9-16/h4-7,13H,2-3,8-11,15H2,1H3/t13-/m1/s1. The Balaban J connectivity index is 1.81. The molecular formula is C14H22N2O. The van der Waals surface area contributed by atoms with E-state index in [0.717, 1.165) is 18.7 Å². The van der Waals surface area contributed by atoms with Crippen LogP contribution in [0.15, 0.2) is 24.3 Å². The molecule has 2 rings (SSSR count). The Kier molecular flexibility index (Phi) is 4.40. The Bertz CT molecular complexity index is 331. The van der Waals surface area contributed by atoms with Gasteiger partial charge in [-0.3, -0.25) is 0 Å². The summed E-state index contributed by atoms with van der Waals surface area (Å²) in [7, 11) is 1.69. The molecule has 0 radical (unpaired) electrons. The number of rotatable bonds is 5. The first-order valence-corrected chi connectivity index (χ1v) is 6.39. The van der Waals surface area contributed by atoms with Crippen LogP contribution in [0.1, 0.15) is 18.4 Å². The topological polar surface area (TPSA) is 38.5 Å². The van der Waals surface area contributed by atoms with Crippen molar-refractivity contribution in [3.05, 3.63) is 29.8 Å². The van der Waals surface area contributed by atoms with Gasteiger partial charge in [-0.2, -0.15) is 0 Å². The summed E-state index contributed by atoms with van der Waals surface area (Å²) in [6.07, 6.45) is 3.60. The molecule has 17 heavy (non-hydrogen) atoms. The zero-order chi connectivity index (χ0) is 12.1. The van der Waals surface area contributed by atoms with Crippen LogP contribution in [0.3, 0.4) is 0 Å². The van der Waals surface area contributed by atoms with Crippen molar-refractivity contribution in [2.75, 3.05) is 26.7 Å². The molecule has 0 aromatic heterocycles. The molecule has 1 aliphatic heterocycles. The molecule has 0 amide bonds. The van der Waals surface area contributed by atoms with Crippen LogP contribution in [-0.4, -0.2) is 37.7 Å². The summed E-state index contributed by atoms with van der Waals surface area (Å²) >= 11 is 0. The third-order valence-electron chi connectivity index (χ3n) is 3.35. The molecule has 3 heteroatoms. The number of likely N-dealkylation sites (tertiary alicyclic amines) is 1. The molecule has 0 unspecified atom stereocenters. The Morgan fingerprint density at radius 3 is 2.47 bits per heavy atom. The van der Waals surface area contributed by atoms with Crippen molar-refractivity contribution in [1.29, 1.82) is 0 Å². The molecule has 1 fully saturated rings. The average Bonchev–Trinajstić information content (AvgIpc) is 2.82. The highest BCUT2D eigenvalue weighted by Gasteiger charge is 2.14. The number of benzene rings is 1. The number of nitrogens with zero attached hydrogens (tertiary/aromatic N) is 1. The minimum Gasteiger partial charge on any atom is -0.497 e. The highest BCUT2D eigenvalue weighted by Crippen LogP contribution is 2.13. The lowest BCUT2D eigenvalue weighted by atomic mass is 10.1. The fraction of sp³-hybridized carbons (Fsp3) is 0.571. The fourth-order valence-corrected chi connectivity index (χ4v) is 2.43. The molecule has 1 aliphatic rings. The number of methoxy groups -OCH3 is 1. The second kappa shape index (κ2) is 6.03. The predicted molar refractivity (Wildman–Crippen MR) is 70.3 cm³/mol. The molecule has 0 bridgehead atoms. The summed E-state index contributed by atoms with van der Waals surface area (Å²) in [5.41, 5.74) is 7.47.